The molecule has 3 rings (SSSR count). The zero-order chi connectivity index (χ0) is 20.3. The molecule has 0 amide bonds. The third-order valence-corrected chi connectivity index (χ3v) is 6.18. The number of nitrogens with zero attached hydrogens (tertiary/aromatic N) is 1. The Kier molecular flexibility index (Phi) is 5.51. The van der Waals surface area contributed by atoms with Crippen LogP contribution in [0.2, 0.25) is 0 Å². The number of sulfonamides is 1. The highest BCUT2D eigenvalue weighted by Crippen LogP contribution is 2.23. The van der Waals surface area contributed by atoms with E-state index >= 15 is 0 Å². The molecule has 0 atom stereocenters. The largest absolute Gasteiger partial charge is 0.423 e. The highest BCUT2D eigenvalue weighted by Gasteiger charge is 2.21. The van der Waals surface area contributed by atoms with Gasteiger partial charge in [-0.1, -0.05) is 35.4 Å². The van der Waals surface area contributed by atoms with Gasteiger partial charge in [0.05, 0.1) is 16.1 Å². The fraction of sp³-hybridized carbons (Fsp3) is 0.136. The molecule has 0 N–H and O–H groups in total. The van der Waals surface area contributed by atoms with Crippen molar-refractivity contribution < 1.29 is 17.9 Å². The lowest BCUT2D eigenvalue weighted by atomic mass is 10.2. The van der Waals surface area contributed by atoms with Gasteiger partial charge in [-0.05, 0) is 62.4 Å². The standard InChI is InChI=1S/C22H21NO4S/c1-16-4-12-20(13-5-16)27-22(24)18-8-10-19(11-9-18)23(3)28(25,26)21-14-6-17(2)7-15-21/h4-15H,1-3H3. The third-order valence-electron chi connectivity index (χ3n) is 4.38. The van der Waals surface area contributed by atoms with Gasteiger partial charge in [0, 0.05) is 7.05 Å². The summed E-state index contributed by atoms with van der Waals surface area (Å²) >= 11 is 0. The molecule has 3 aromatic rings. The van der Waals surface area contributed by atoms with Crippen LogP contribution in [0.15, 0.2) is 77.7 Å². The van der Waals surface area contributed by atoms with E-state index in [1.807, 2.05) is 26.0 Å². The second-order valence-corrected chi connectivity index (χ2v) is 8.50. The summed E-state index contributed by atoms with van der Waals surface area (Å²) in [7, 11) is -2.20. The lowest BCUT2D eigenvalue weighted by Crippen LogP contribution is -2.26. The summed E-state index contributed by atoms with van der Waals surface area (Å²) in [5.74, 6) is -0.0433. The first kappa shape index (κ1) is 19.6. The molecule has 0 aliphatic heterocycles. The third kappa shape index (κ3) is 4.23. The van der Waals surface area contributed by atoms with E-state index in [1.165, 1.54) is 11.4 Å². The molecule has 3 aromatic carbocycles. The number of esters is 1. The maximum atomic E-state index is 12.8. The minimum absolute atomic E-state index is 0.212. The average Bonchev–Trinajstić information content (AvgIpc) is 2.69. The molecule has 0 saturated heterocycles. The summed E-state index contributed by atoms with van der Waals surface area (Å²) < 4.78 is 32.1. The van der Waals surface area contributed by atoms with Crippen molar-refractivity contribution in [3.8, 4) is 5.75 Å². The van der Waals surface area contributed by atoms with Gasteiger partial charge in [0.2, 0.25) is 0 Å². The molecule has 0 heterocycles. The van der Waals surface area contributed by atoms with Crippen molar-refractivity contribution in [1.82, 2.24) is 0 Å². The number of anilines is 1. The first-order chi connectivity index (χ1) is 13.3. The van der Waals surface area contributed by atoms with Crippen LogP contribution in [0.4, 0.5) is 5.69 Å². The van der Waals surface area contributed by atoms with Gasteiger partial charge in [-0.3, -0.25) is 4.31 Å². The highest BCUT2D eigenvalue weighted by atomic mass is 32.2. The molecular formula is C22H21NO4S. The van der Waals surface area contributed by atoms with Gasteiger partial charge in [-0.25, -0.2) is 13.2 Å². The van der Waals surface area contributed by atoms with E-state index in [9.17, 15) is 13.2 Å². The minimum Gasteiger partial charge on any atom is -0.423 e. The van der Waals surface area contributed by atoms with Crippen LogP contribution < -0.4 is 9.04 Å². The second kappa shape index (κ2) is 7.86. The summed E-state index contributed by atoms with van der Waals surface area (Å²) in [4.78, 5) is 12.5. The SMILES string of the molecule is Cc1ccc(OC(=O)c2ccc(N(C)S(=O)(=O)c3ccc(C)cc3)cc2)cc1. The molecule has 0 spiro atoms. The fourth-order valence-corrected chi connectivity index (χ4v) is 3.78. The summed E-state index contributed by atoms with van der Waals surface area (Å²) in [5, 5.41) is 0. The summed E-state index contributed by atoms with van der Waals surface area (Å²) in [6, 6.07) is 20.1. The quantitative estimate of drug-likeness (QED) is 0.476. The number of hydrogen-bond donors (Lipinski definition) is 0. The minimum atomic E-state index is -3.68. The van der Waals surface area contributed by atoms with Gasteiger partial charge in [0.15, 0.2) is 0 Å². The Morgan fingerprint density at radius 2 is 1.29 bits per heavy atom. The molecule has 0 aliphatic rings. The van der Waals surface area contributed by atoms with Gasteiger partial charge >= 0.3 is 5.97 Å². The molecule has 0 aliphatic carbocycles. The van der Waals surface area contributed by atoms with E-state index < -0.39 is 16.0 Å². The number of ether oxygens (including phenoxy) is 1. The Labute approximate surface area is 165 Å². The van der Waals surface area contributed by atoms with Crippen molar-refractivity contribution in [2.75, 3.05) is 11.4 Å². The summed E-state index contributed by atoms with van der Waals surface area (Å²) in [6.07, 6.45) is 0. The van der Waals surface area contributed by atoms with E-state index in [1.54, 1.807) is 60.7 Å². The number of aryl methyl sites for hydroxylation is 2. The Balaban J connectivity index is 1.76. The van der Waals surface area contributed by atoms with Crippen LogP contribution in [-0.2, 0) is 10.0 Å². The Morgan fingerprint density at radius 1 is 0.786 bits per heavy atom. The number of hydrogen-bond acceptors (Lipinski definition) is 4. The number of carbonyl (C=O) groups excluding carboxylic acids is 1. The van der Waals surface area contributed by atoms with E-state index in [2.05, 4.69) is 0 Å². The lowest BCUT2D eigenvalue weighted by Gasteiger charge is -2.19. The molecule has 6 heteroatoms. The lowest BCUT2D eigenvalue weighted by molar-refractivity contribution is 0.0734. The van der Waals surface area contributed by atoms with Gasteiger partial charge in [-0.2, -0.15) is 0 Å². The van der Waals surface area contributed by atoms with Crippen molar-refractivity contribution in [2.45, 2.75) is 18.7 Å². The Morgan fingerprint density at radius 3 is 1.82 bits per heavy atom. The van der Waals surface area contributed by atoms with Crippen LogP contribution in [0.1, 0.15) is 21.5 Å². The zero-order valence-corrected chi connectivity index (χ0v) is 16.7. The van der Waals surface area contributed by atoms with E-state index in [0.717, 1.165) is 11.1 Å². The number of carbonyl (C=O) groups is 1. The summed E-state index contributed by atoms with van der Waals surface area (Å²) in [6.45, 7) is 3.85. The zero-order valence-electron chi connectivity index (χ0n) is 15.9. The smallest absolute Gasteiger partial charge is 0.343 e. The first-order valence-corrected chi connectivity index (χ1v) is 10.2. The molecule has 0 saturated carbocycles. The van der Waals surface area contributed by atoms with Crippen LogP contribution in [0, 0.1) is 13.8 Å². The molecule has 144 valence electrons. The van der Waals surface area contributed by atoms with Crippen LogP contribution in [0.25, 0.3) is 0 Å². The van der Waals surface area contributed by atoms with E-state index in [-0.39, 0.29) is 4.90 Å². The van der Waals surface area contributed by atoms with Gasteiger partial charge < -0.3 is 4.74 Å². The maximum Gasteiger partial charge on any atom is 0.343 e. The Hall–Kier alpha value is -3.12. The molecule has 0 fully saturated rings. The molecule has 28 heavy (non-hydrogen) atoms. The topological polar surface area (TPSA) is 63.7 Å². The number of rotatable bonds is 5. The van der Waals surface area contributed by atoms with Crippen molar-refractivity contribution in [1.29, 1.82) is 0 Å². The maximum absolute atomic E-state index is 12.8. The number of benzene rings is 3. The average molecular weight is 395 g/mol. The molecule has 0 bridgehead atoms. The second-order valence-electron chi connectivity index (χ2n) is 6.54. The Bertz CT molecular complexity index is 1070. The van der Waals surface area contributed by atoms with Crippen LogP contribution >= 0.6 is 0 Å². The molecule has 0 unspecified atom stereocenters. The fourth-order valence-electron chi connectivity index (χ4n) is 2.59. The molecule has 0 radical (unpaired) electrons. The monoisotopic (exact) mass is 395 g/mol. The summed E-state index contributed by atoms with van der Waals surface area (Å²) in [5.41, 5.74) is 2.85. The van der Waals surface area contributed by atoms with Crippen LogP contribution in [0.5, 0.6) is 5.75 Å². The first-order valence-electron chi connectivity index (χ1n) is 8.72. The van der Waals surface area contributed by atoms with E-state index in [0.29, 0.717) is 17.0 Å². The van der Waals surface area contributed by atoms with Gasteiger partial charge in [0.25, 0.3) is 10.0 Å². The van der Waals surface area contributed by atoms with Crippen LogP contribution in [0.3, 0.4) is 0 Å². The van der Waals surface area contributed by atoms with Crippen molar-refractivity contribution in [2.24, 2.45) is 0 Å². The van der Waals surface area contributed by atoms with Crippen molar-refractivity contribution >= 4 is 21.7 Å². The van der Waals surface area contributed by atoms with Crippen molar-refractivity contribution in [3.05, 3.63) is 89.5 Å². The highest BCUT2D eigenvalue weighted by molar-refractivity contribution is 7.92. The van der Waals surface area contributed by atoms with Crippen molar-refractivity contribution in [3.63, 3.8) is 0 Å². The molecule has 0 aromatic heterocycles. The van der Waals surface area contributed by atoms with E-state index in [4.69, 9.17) is 4.74 Å². The normalized spacial score (nSPS) is 11.1. The predicted molar refractivity (Wildman–Crippen MR) is 109 cm³/mol. The molecular weight excluding hydrogens is 374 g/mol. The predicted octanol–water partition coefficient (Wildman–Crippen LogP) is 4.35. The van der Waals surface area contributed by atoms with Gasteiger partial charge in [0.1, 0.15) is 5.75 Å². The molecule has 5 nitrogen and oxygen atoms in total. The van der Waals surface area contributed by atoms with Gasteiger partial charge in [-0.15, -0.1) is 0 Å². The van der Waals surface area contributed by atoms with Crippen LogP contribution in [-0.4, -0.2) is 21.4 Å².